The molecule has 0 unspecified atom stereocenters. The van der Waals surface area contributed by atoms with Crippen molar-refractivity contribution in [3.05, 3.63) is 94.5 Å². The number of esters is 1. The van der Waals surface area contributed by atoms with Gasteiger partial charge in [-0.3, -0.25) is 15.0 Å². The second-order valence-corrected chi connectivity index (χ2v) is 8.98. The molecular weight excluding hydrogens is 444 g/mol. The Morgan fingerprint density at radius 3 is 1.69 bits per heavy atom. The first-order valence-electron chi connectivity index (χ1n) is 10.9. The van der Waals surface area contributed by atoms with Gasteiger partial charge in [0.2, 0.25) is 0 Å². The molecule has 0 spiro atoms. The Morgan fingerprint density at radius 2 is 1.20 bits per heavy atom. The molecule has 0 saturated carbocycles. The highest BCUT2D eigenvalue weighted by molar-refractivity contribution is 6.11. The monoisotopic (exact) mass is 472 g/mol. The molecule has 5 N–H and O–H groups in total. The number of amidine groups is 1. The Kier molecular flexibility index (Phi) is 7.34. The van der Waals surface area contributed by atoms with Gasteiger partial charge in [-0.25, -0.2) is 4.79 Å². The molecule has 0 saturated heterocycles. The van der Waals surface area contributed by atoms with Crippen LogP contribution in [0.15, 0.2) is 66.7 Å². The summed E-state index contributed by atoms with van der Waals surface area (Å²) in [5.74, 6) is -1.51. The minimum Gasteiger partial charge on any atom is -0.465 e. The summed E-state index contributed by atoms with van der Waals surface area (Å²) in [5.41, 5.74) is 8.52. The SMILES string of the molecule is COC(=O)c1ccc(NC(=O)c2ccc(C(=N)N)cc2)c(NC(=O)c2ccc(C(C)(C)C)cc2)c1. The van der Waals surface area contributed by atoms with E-state index < -0.39 is 17.8 Å². The number of amides is 2. The fourth-order valence-corrected chi connectivity index (χ4v) is 3.31. The minimum absolute atomic E-state index is 0.0517. The van der Waals surface area contributed by atoms with Gasteiger partial charge in [-0.1, -0.05) is 45.0 Å². The molecule has 3 aromatic rings. The molecule has 35 heavy (non-hydrogen) atoms. The summed E-state index contributed by atoms with van der Waals surface area (Å²) >= 11 is 0. The van der Waals surface area contributed by atoms with Crippen molar-refractivity contribution in [2.75, 3.05) is 17.7 Å². The van der Waals surface area contributed by atoms with Gasteiger partial charge in [-0.05, 0) is 53.4 Å². The third kappa shape index (κ3) is 6.11. The highest BCUT2D eigenvalue weighted by atomic mass is 16.5. The van der Waals surface area contributed by atoms with Crippen LogP contribution in [0.25, 0.3) is 0 Å². The Bertz CT molecular complexity index is 1270. The Hall–Kier alpha value is -4.46. The smallest absolute Gasteiger partial charge is 0.337 e. The molecule has 0 radical (unpaired) electrons. The third-order valence-corrected chi connectivity index (χ3v) is 5.41. The molecule has 0 aliphatic rings. The van der Waals surface area contributed by atoms with E-state index in [1.54, 1.807) is 36.4 Å². The van der Waals surface area contributed by atoms with Crippen molar-refractivity contribution < 1.29 is 19.1 Å². The first-order valence-corrected chi connectivity index (χ1v) is 10.9. The van der Waals surface area contributed by atoms with Crippen LogP contribution in [0, 0.1) is 5.41 Å². The number of benzene rings is 3. The maximum Gasteiger partial charge on any atom is 0.337 e. The zero-order valence-corrected chi connectivity index (χ0v) is 20.1. The number of ether oxygens (including phenoxy) is 1. The number of hydrogen-bond donors (Lipinski definition) is 4. The van der Waals surface area contributed by atoms with Crippen molar-refractivity contribution in [1.82, 2.24) is 0 Å². The number of nitrogen functional groups attached to an aromatic ring is 1. The summed E-state index contributed by atoms with van der Waals surface area (Å²) in [6.45, 7) is 6.26. The highest BCUT2D eigenvalue weighted by Crippen LogP contribution is 2.26. The fourth-order valence-electron chi connectivity index (χ4n) is 3.31. The summed E-state index contributed by atoms with van der Waals surface area (Å²) in [6, 6.07) is 17.9. The van der Waals surface area contributed by atoms with Gasteiger partial charge in [0.05, 0.1) is 24.0 Å². The van der Waals surface area contributed by atoms with Crippen LogP contribution in [0.5, 0.6) is 0 Å². The van der Waals surface area contributed by atoms with Crippen LogP contribution in [0.4, 0.5) is 11.4 Å². The molecule has 0 aliphatic carbocycles. The number of nitrogens with one attached hydrogen (secondary N) is 3. The van der Waals surface area contributed by atoms with Gasteiger partial charge in [0.15, 0.2) is 0 Å². The van der Waals surface area contributed by atoms with Gasteiger partial charge < -0.3 is 21.1 Å². The number of rotatable bonds is 6. The van der Waals surface area contributed by atoms with E-state index >= 15 is 0 Å². The lowest BCUT2D eigenvalue weighted by atomic mass is 9.87. The molecule has 8 heteroatoms. The van der Waals surface area contributed by atoms with Crippen molar-refractivity contribution in [1.29, 1.82) is 5.41 Å². The first kappa shape index (κ1) is 25.2. The average molecular weight is 473 g/mol. The summed E-state index contributed by atoms with van der Waals surface area (Å²) in [5, 5.41) is 13.0. The standard InChI is InChI=1S/C27H28N4O4/c1-27(2,3)20-12-9-18(10-13-20)25(33)31-22-15-19(26(34)35-4)11-14-21(22)30-24(32)17-7-5-16(6-8-17)23(28)29/h5-15H,1-4H3,(H3,28,29)(H,30,32)(H,31,33). The summed E-state index contributed by atoms with van der Waals surface area (Å²) in [4.78, 5) is 37.8. The van der Waals surface area contributed by atoms with E-state index in [1.165, 1.54) is 25.3 Å². The van der Waals surface area contributed by atoms with E-state index in [9.17, 15) is 14.4 Å². The fraction of sp³-hybridized carbons (Fsp3) is 0.185. The quantitative estimate of drug-likeness (QED) is 0.237. The molecular formula is C27H28N4O4. The molecule has 0 bridgehead atoms. The van der Waals surface area contributed by atoms with Crippen LogP contribution in [0.2, 0.25) is 0 Å². The number of carbonyl (C=O) groups excluding carboxylic acids is 3. The van der Waals surface area contributed by atoms with Gasteiger partial charge in [0, 0.05) is 16.7 Å². The zero-order valence-electron chi connectivity index (χ0n) is 20.1. The maximum absolute atomic E-state index is 13.0. The Balaban J connectivity index is 1.88. The van der Waals surface area contributed by atoms with Crippen molar-refractivity contribution in [3.8, 4) is 0 Å². The van der Waals surface area contributed by atoms with Crippen LogP contribution in [-0.2, 0) is 10.2 Å². The maximum atomic E-state index is 13.0. The van der Waals surface area contributed by atoms with Gasteiger partial charge >= 0.3 is 5.97 Å². The van der Waals surface area contributed by atoms with Crippen LogP contribution >= 0.6 is 0 Å². The number of methoxy groups -OCH3 is 1. The van der Waals surface area contributed by atoms with E-state index in [2.05, 4.69) is 31.4 Å². The molecule has 2 amide bonds. The van der Waals surface area contributed by atoms with Crippen LogP contribution in [0.1, 0.15) is 63.0 Å². The molecule has 0 aliphatic heterocycles. The lowest BCUT2D eigenvalue weighted by Crippen LogP contribution is -2.18. The normalized spacial score (nSPS) is 10.9. The molecule has 180 valence electrons. The third-order valence-electron chi connectivity index (χ3n) is 5.41. The lowest BCUT2D eigenvalue weighted by molar-refractivity contribution is 0.0600. The minimum atomic E-state index is -0.576. The number of hydrogen-bond acceptors (Lipinski definition) is 5. The summed E-state index contributed by atoms with van der Waals surface area (Å²) < 4.78 is 4.78. The molecule has 0 fully saturated rings. The average Bonchev–Trinajstić information content (AvgIpc) is 2.84. The van der Waals surface area contributed by atoms with Crippen molar-refractivity contribution in [2.24, 2.45) is 5.73 Å². The van der Waals surface area contributed by atoms with Crippen LogP contribution in [-0.4, -0.2) is 30.7 Å². The molecule has 0 atom stereocenters. The van der Waals surface area contributed by atoms with Crippen LogP contribution in [0.3, 0.4) is 0 Å². The molecule has 0 aromatic heterocycles. The predicted octanol–water partition coefficient (Wildman–Crippen LogP) is 4.56. The number of carbonyl (C=O) groups is 3. The molecule has 3 rings (SSSR count). The zero-order chi connectivity index (χ0) is 25.8. The summed E-state index contributed by atoms with van der Waals surface area (Å²) in [6.07, 6.45) is 0. The van der Waals surface area contributed by atoms with Gasteiger partial charge in [-0.2, -0.15) is 0 Å². The number of anilines is 2. The van der Waals surface area contributed by atoms with E-state index in [0.717, 1.165) is 5.56 Å². The number of nitrogens with two attached hydrogens (primary N) is 1. The van der Waals surface area contributed by atoms with Crippen LogP contribution < -0.4 is 16.4 Å². The van der Waals surface area contributed by atoms with E-state index in [1.807, 2.05) is 12.1 Å². The Labute approximate surface area is 204 Å². The van der Waals surface area contributed by atoms with Gasteiger partial charge in [0.25, 0.3) is 11.8 Å². The second-order valence-electron chi connectivity index (χ2n) is 8.98. The second kappa shape index (κ2) is 10.2. The molecule has 8 nitrogen and oxygen atoms in total. The molecule has 3 aromatic carbocycles. The Morgan fingerprint density at radius 1 is 0.743 bits per heavy atom. The predicted molar refractivity (Wildman–Crippen MR) is 136 cm³/mol. The van der Waals surface area contributed by atoms with Gasteiger partial charge in [-0.15, -0.1) is 0 Å². The topological polar surface area (TPSA) is 134 Å². The van der Waals surface area contributed by atoms with Crippen molar-refractivity contribution >= 4 is 35.0 Å². The van der Waals surface area contributed by atoms with Crippen molar-refractivity contribution in [2.45, 2.75) is 26.2 Å². The van der Waals surface area contributed by atoms with Crippen molar-refractivity contribution in [3.63, 3.8) is 0 Å². The van der Waals surface area contributed by atoms with E-state index in [-0.39, 0.29) is 22.5 Å². The van der Waals surface area contributed by atoms with Gasteiger partial charge in [0.1, 0.15) is 5.84 Å². The first-order chi connectivity index (χ1) is 16.5. The molecule has 0 heterocycles. The largest absolute Gasteiger partial charge is 0.465 e. The van der Waals surface area contributed by atoms with E-state index in [4.69, 9.17) is 15.9 Å². The highest BCUT2D eigenvalue weighted by Gasteiger charge is 2.17. The summed E-state index contributed by atoms with van der Waals surface area (Å²) in [7, 11) is 1.26. The lowest BCUT2D eigenvalue weighted by Gasteiger charge is -2.19. The van der Waals surface area contributed by atoms with E-state index in [0.29, 0.717) is 22.4 Å².